The third-order valence-corrected chi connectivity index (χ3v) is 5.88. The highest BCUT2D eigenvalue weighted by molar-refractivity contribution is 8.76. The molecule has 0 heterocycles. The van der Waals surface area contributed by atoms with Crippen LogP contribution in [0.1, 0.15) is 34.6 Å². The summed E-state index contributed by atoms with van der Waals surface area (Å²) in [6.45, 7) is 5.26. The minimum atomic E-state index is -1.02. The molecular formula is C18H20N2O4S2. The van der Waals surface area contributed by atoms with Crippen LogP contribution >= 0.6 is 21.6 Å². The third kappa shape index (κ3) is 5.09. The summed E-state index contributed by atoms with van der Waals surface area (Å²) in [4.78, 5) is 24.2. The van der Waals surface area contributed by atoms with Gasteiger partial charge in [-0.05, 0) is 50.2 Å². The van der Waals surface area contributed by atoms with Gasteiger partial charge < -0.3 is 20.8 Å². The molecule has 0 fully saturated rings. The van der Waals surface area contributed by atoms with Crippen LogP contribution in [0, 0.1) is 0 Å². The van der Waals surface area contributed by atoms with Gasteiger partial charge in [0.1, 0.15) is 0 Å². The molecule has 0 aromatic heterocycles. The van der Waals surface area contributed by atoms with E-state index in [-0.39, 0.29) is 11.1 Å². The molecule has 26 heavy (non-hydrogen) atoms. The van der Waals surface area contributed by atoms with Crippen LogP contribution in [-0.2, 0) is 0 Å². The van der Waals surface area contributed by atoms with E-state index < -0.39 is 11.9 Å². The first-order valence-corrected chi connectivity index (χ1v) is 10.2. The Hall–Kier alpha value is -2.32. The summed E-state index contributed by atoms with van der Waals surface area (Å²) >= 11 is 0. The number of carbonyl (C=O) groups is 2. The Morgan fingerprint density at radius 3 is 1.50 bits per heavy atom. The summed E-state index contributed by atoms with van der Waals surface area (Å²) in [5.41, 5.74) is 1.84. The zero-order chi connectivity index (χ0) is 19.1. The van der Waals surface area contributed by atoms with E-state index in [0.717, 1.165) is 11.4 Å². The fourth-order valence-electron chi connectivity index (χ4n) is 2.26. The smallest absolute Gasteiger partial charge is 0.336 e. The molecule has 8 heteroatoms. The lowest BCUT2D eigenvalue weighted by Crippen LogP contribution is -2.03. The predicted molar refractivity (Wildman–Crippen MR) is 107 cm³/mol. The van der Waals surface area contributed by atoms with Gasteiger partial charge in [-0.1, -0.05) is 21.6 Å². The summed E-state index contributed by atoms with van der Waals surface area (Å²) in [6, 6.07) is 10.2. The number of hydrogen-bond acceptors (Lipinski definition) is 6. The average Bonchev–Trinajstić information content (AvgIpc) is 2.61. The second-order valence-electron chi connectivity index (χ2n) is 5.26. The van der Waals surface area contributed by atoms with E-state index in [1.807, 2.05) is 26.0 Å². The molecule has 0 saturated heterocycles. The number of benzene rings is 2. The first-order chi connectivity index (χ1) is 12.5. The third-order valence-electron chi connectivity index (χ3n) is 3.40. The molecule has 4 N–H and O–H groups in total. The molecule has 0 spiro atoms. The number of rotatable bonds is 9. The Bertz CT molecular complexity index is 744. The van der Waals surface area contributed by atoms with Gasteiger partial charge in [-0.2, -0.15) is 0 Å². The number of nitrogens with one attached hydrogen (secondary N) is 2. The molecular weight excluding hydrogens is 372 g/mol. The lowest BCUT2D eigenvalue weighted by molar-refractivity contribution is 0.0682. The topological polar surface area (TPSA) is 98.7 Å². The standard InChI is InChI=1S/C18H20N2O4S2/c1-3-19-11-5-7-15(13(9-11)17(21)22)25-26-16-8-6-12(20-4-2)10-14(16)18(23)24/h5-10,19-20H,3-4H2,1-2H3,(H,21,22)(H,23,24). The second-order valence-corrected chi connectivity index (χ2v) is 7.47. The predicted octanol–water partition coefficient (Wildman–Crippen LogP) is 4.75. The number of carboxylic acid groups (broad SMARTS) is 2. The largest absolute Gasteiger partial charge is 0.478 e. The Morgan fingerprint density at radius 1 is 0.808 bits per heavy atom. The molecule has 0 amide bonds. The van der Waals surface area contributed by atoms with Gasteiger partial charge in [0.25, 0.3) is 0 Å². The fraction of sp³-hybridized carbons (Fsp3) is 0.222. The van der Waals surface area contributed by atoms with E-state index >= 15 is 0 Å². The summed E-state index contributed by atoms with van der Waals surface area (Å²) in [6.07, 6.45) is 0. The fourth-order valence-corrected chi connectivity index (χ4v) is 4.57. The van der Waals surface area contributed by atoms with Crippen molar-refractivity contribution in [2.24, 2.45) is 0 Å². The van der Waals surface area contributed by atoms with Crippen LogP contribution in [0.4, 0.5) is 11.4 Å². The first-order valence-electron chi connectivity index (χ1n) is 8.03. The van der Waals surface area contributed by atoms with E-state index in [9.17, 15) is 19.8 Å². The van der Waals surface area contributed by atoms with Crippen molar-refractivity contribution in [3.8, 4) is 0 Å². The van der Waals surface area contributed by atoms with Gasteiger partial charge in [-0.3, -0.25) is 0 Å². The highest BCUT2D eigenvalue weighted by Gasteiger charge is 2.16. The molecule has 0 atom stereocenters. The maximum Gasteiger partial charge on any atom is 0.336 e. The van der Waals surface area contributed by atoms with Crippen LogP contribution in [0.25, 0.3) is 0 Å². The van der Waals surface area contributed by atoms with Crippen molar-refractivity contribution >= 4 is 44.9 Å². The summed E-state index contributed by atoms with van der Waals surface area (Å²) in [7, 11) is 2.46. The van der Waals surface area contributed by atoms with Gasteiger partial charge in [0, 0.05) is 34.3 Å². The molecule has 0 aliphatic carbocycles. The van der Waals surface area contributed by atoms with Crippen LogP contribution in [0.3, 0.4) is 0 Å². The quantitative estimate of drug-likeness (QED) is 0.454. The minimum Gasteiger partial charge on any atom is -0.478 e. The van der Waals surface area contributed by atoms with E-state index in [2.05, 4.69) is 10.6 Å². The zero-order valence-electron chi connectivity index (χ0n) is 14.4. The minimum absolute atomic E-state index is 0.182. The van der Waals surface area contributed by atoms with Gasteiger partial charge in [-0.15, -0.1) is 0 Å². The molecule has 6 nitrogen and oxygen atoms in total. The van der Waals surface area contributed by atoms with Crippen molar-refractivity contribution in [2.75, 3.05) is 23.7 Å². The van der Waals surface area contributed by atoms with Crippen molar-refractivity contribution in [2.45, 2.75) is 23.6 Å². The van der Waals surface area contributed by atoms with Crippen LogP contribution in [-0.4, -0.2) is 35.2 Å². The molecule has 2 aromatic rings. The lowest BCUT2D eigenvalue weighted by atomic mass is 10.2. The number of carboxylic acids is 2. The molecule has 0 aliphatic heterocycles. The summed E-state index contributed by atoms with van der Waals surface area (Å²) in [5, 5.41) is 25.0. The number of aromatic carboxylic acids is 2. The van der Waals surface area contributed by atoms with E-state index in [1.54, 1.807) is 24.3 Å². The van der Waals surface area contributed by atoms with Crippen molar-refractivity contribution in [3.05, 3.63) is 47.5 Å². The van der Waals surface area contributed by atoms with Gasteiger partial charge in [-0.25, -0.2) is 9.59 Å². The maximum atomic E-state index is 11.5. The van der Waals surface area contributed by atoms with Crippen LogP contribution in [0.15, 0.2) is 46.2 Å². The average molecular weight is 393 g/mol. The SMILES string of the molecule is CCNc1ccc(SSc2ccc(NCC)cc2C(=O)O)c(C(=O)O)c1. The molecule has 138 valence electrons. The van der Waals surface area contributed by atoms with Crippen molar-refractivity contribution < 1.29 is 19.8 Å². The van der Waals surface area contributed by atoms with Crippen LogP contribution in [0.5, 0.6) is 0 Å². The monoisotopic (exact) mass is 392 g/mol. The number of anilines is 2. The lowest BCUT2D eigenvalue weighted by Gasteiger charge is -2.11. The first kappa shape index (κ1) is 20.0. The summed E-state index contributed by atoms with van der Waals surface area (Å²) in [5.74, 6) is -2.04. The summed E-state index contributed by atoms with van der Waals surface area (Å²) < 4.78 is 0. The Labute approximate surface area is 159 Å². The van der Waals surface area contributed by atoms with Crippen LogP contribution in [0.2, 0.25) is 0 Å². The van der Waals surface area contributed by atoms with Gasteiger partial charge >= 0.3 is 11.9 Å². The molecule has 0 aliphatic rings. The number of hydrogen-bond donors (Lipinski definition) is 4. The molecule has 2 aromatic carbocycles. The van der Waals surface area contributed by atoms with Crippen LogP contribution < -0.4 is 10.6 Å². The van der Waals surface area contributed by atoms with Gasteiger partial charge in [0.05, 0.1) is 11.1 Å². The van der Waals surface area contributed by atoms with Crippen molar-refractivity contribution in [3.63, 3.8) is 0 Å². The van der Waals surface area contributed by atoms with E-state index in [0.29, 0.717) is 22.9 Å². The second kappa shape index (κ2) is 9.40. The van der Waals surface area contributed by atoms with Crippen molar-refractivity contribution in [1.82, 2.24) is 0 Å². The molecule has 0 unspecified atom stereocenters. The molecule has 0 saturated carbocycles. The Kier molecular flexibility index (Phi) is 7.23. The van der Waals surface area contributed by atoms with E-state index in [1.165, 1.54) is 21.6 Å². The zero-order valence-corrected chi connectivity index (χ0v) is 16.0. The Morgan fingerprint density at radius 2 is 1.19 bits per heavy atom. The van der Waals surface area contributed by atoms with Gasteiger partial charge in [0.15, 0.2) is 0 Å². The molecule has 2 rings (SSSR count). The normalized spacial score (nSPS) is 10.4. The highest BCUT2D eigenvalue weighted by Crippen LogP contribution is 2.41. The Balaban J connectivity index is 2.25. The maximum absolute atomic E-state index is 11.5. The molecule has 0 radical (unpaired) electrons. The van der Waals surface area contributed by atoms with Gasteiger partial charge in [0.2, 0.25) is 0 Å². The molecule has 0 bridgehead atoms. The van der Waals surface area contributed by atoms with E-state index in [4.69, 9.17) is 0 Å². The highest BCUT2D eigenvalue weighted by atomic mass is 33.1. The van der Waals surface area contributed by atoms with Crippen molar-refractivity contribution in [1.29, 1.82) is 0 Å².